The second-order valence-corrected chi connectivity index (χ2v) is 6.13. The fraction of sp³-hybridized carbons (Fsp3) is 0.562. The molecule has 0 spiro atoms. The third-order valence-electron chi connectivity index (χ3n) is 4.62. The second kappa shape index (κ2) is 6.89. The molecule has 1 saturated carbocycles. The van der Waals surface area contributed by atoms with E-state index >= 15 is 0 Å². The standard InChI is InChI=1S/C16H20F3N5O/c1-2-23-15-13(10-21-23)14(11(8-20-15)9-22-25)24(16(17,18)19)12-6-4-3-5-7-12/h8-10,12,25H,2-7H2,1H3/b22-9+. The lowest BCUT2D eigenvalue weighted by Gasteiger charge is -2.38. The molecule has 0 atom stereocenters. The Morgan fingerprint density at radius 3 is 2.64 bits per heavy atom. The van der Waals surface area contributed by atoms with E-state index in [4.69, 9.17) is 5.21 Å². The fourth-order valence-corrected chi connectivity index (χ4v) is 3.54. The molecule has 0 unspecified atom stereocenters. The summed E-state index contributed by atoms with van der Waals surface area (Å²) in [5, 5.41) is 16.3. The number of oxime groups is 1. The van der Waals surface area contributed by atoms with Gasteiger partial charge < -0.3 is 5.21 Å². The van der Waals surface area contributed by atoms with Gasteiger partial charge in [0.25, 0.3) is 0 Å². The Morgan fingerprint density at radius 1 is 1.32 bits per heavy atom. The normalized spacial score (nSPS) is 16.8. The average molecular weight is 355 g/mol. The number of halogens is 3. The van der Waals surface area contributed by atoms with Gasteiger partial charge in [-0.15, -0.1) is 0 Å². The lowest BCUT2D eigenvalue weighted by atomic mass is 9.93. The van der Waals surface area contributed by atoms with Gasteiger partial charge in [0, 0.05) is 24.3 Å². The number of aryl methyl sites for hydroxylation is 1. The number of anilines is 1. The highest BCUT2D eigenvalue weighted by atomic mass is 19.4. The van der Waals surface area contributed by atoms with E-state index in [-0.39, 0.29) is 11.3 Å². The Hall–Kier alpha value is -2.32. The molecular weight excluding hydrogens is 335 g/mol. The van der Waals surface area contributed by atoms with Crippen LogP contribution in [0.3, 0.4) is 0 Å². The predicted octanol–water partition coefficient (Wildman–Crippen LogP) is 3.92. The highest BCUT2D eigenvalue weighted by Crippen LogP contribution is 2.40. The number of nitrogens with zero attached hydrogens (tertiary/aromatic N) is 5. The monoisotopic (exact) mass is 355 g/mol. The number of aromatic nitrogens is 3. The quantitative estimate of drug-likeness (QED) is 0.391. The van der Waals surface area contributed by atoms with Crippen LogP contribution in [0.1, 0.15) is 44.6 Å². The summed E-state index contributed by atoms with van der Waals surface area (Å²) in [6.45, 7) is 2.35. The highest BCUT2D eigenvalue weighted by Gasteiger charge is 2.44. The van der Waals surface area contributed by atoms with Crippen molar-refractivity contribution in [3.05, 3.63) is 18.0 Å². The fourth-order valence-electron chi connectivity index (χ4n) is 3.54. The Bertz CT molecular complexity index is 765. The maximum Gasteiger partial charge on any atom is 0.485 e. The van der Waals surface area contributed by atoms with E-state index in [9.17, 15) is 13.2 Å². The molecule has 3 rings (SSSR count). The SMILES string of the molecule is CCn1ncc2c(N(C3CCCCC3)C(F)(F)F)c(/C=N/O)cnc21. The molecule has 0 aromatic carbocycles. The molecule has 1 aliphatic rings. The van der Waals surface area contributed by atoms with Crippen molar-refractivity contribution in [3.63, 3.8) is 0 Å². The Morgan fingerprint density at radius 2 is 2.04 bits per heavy atom. The first-order valence-corrected chi connectivity index (χ1v) is 8.35. The topological polar surface area (TPSA) is 66.5 Å². The molecule has 1 fully saturated rings. The van der Waals surface area contributed by atoms with E-state index in [1.54, 1.807) is 4.68 Å². The predicted molar refractivity (Wildman–Crippen MR) is 88.0 cm³/mol. The first-order valence-electron chi connectivity index (χ1n) is 8.35. The molecule has 6 nitrogen and oxygen atoms in total. The summed E-state index contributed by atoms with van der Waals surface area (Å²) in [4.78, 5) is 4.71. The van der Waals surface area contributed by atoms with E-state index in [2.05, 4.69) is 15.2 Å². The molecule has 0 bridgehead atoms. The molecule has 136 valence electrons. The minimum atomic E-state index is -4.55. The average Bonchev–Trinajstić information content (AvgIpc) is 3.00. The molecule has 2 aromatic rings. The summed E-state index contributed by atoms with van der Waals surface area (Å²) in [5.41, 5.74) is 0.466. The van der Waals surface area contributed by atoms with Gasteiger partial charge in [0.2, 0.25) is 0 Å². The van der Waals surface area contributed by atoms with Gasteiger partial charge in [0.15, 0.2) is 5.65 Å². The first-order chi connectivity index (χ1) is 12.0. The lowest BCUT2D eigenvalue weighted by Crippen LogP contribution is -2.47. The van der Waals surface area contributed by atoms with Gasteiger partial charge in [0.05, 0.1) is 23.5 Å². The van der Waals surface area contributed by atoms with Crippen LogP contribution in [-0.4, -0.2) is 38.5 Å². The van der Waals surface area contributed by atoms with Crippen LogP contribution in [-0.2, 0) is 6.54 Å². The number of rotatable bonds is 4. The molecular formula is C16H20F3N5O. The zero-order chi connectivity index (χ0) is 18.0. The Balaban J connectivity index is 2.23. The van der Waals surface area contributed by atoms with Gasteiger partial charge in [-0.3, -0.25) is 4.90 Å². The zero-order valence-corrected chi connectivity index (χ0v) is 13.9. The number of hydrogen-bond donors (Lipinski definition) is 1. The van der Waals surface area contributed by atoms with Crippen LogP contribution in [0.5, 0.6) is 0 Å². The summed E-state index contributed by atoms with van der Waals surface area (Å²) in [6.07, 6.45) is 2.57. The second-order valence-electron chi connectivity index (χ2n) is 6.13. The smallest absolute Gasteiger partial charge is 0.411 e. The van der Waals surface area contributed by atoms with Crippen molar-refractivity contribution >= 4 is 22.9 Å². The summed E-state index contributed by atoms with van der Waals surface area (Å²) < 4.78 is 43.5. The van der Waals surface area contributed by atoms with E-state index in [1.807, 2.05) is 6.92 Å². The number of hydrogen-bond acceptors (Lipinski definition) is 5. The van der Waals surface area contributed by atoms with Crippen molar-refractivity contribution in [2.75, 3.05) is 4.90 Å². The molecule has 1 N–H and O–H groups in total. The van der Waals surface area contributed by atoms with Crippen LogP contribution in [0.4, 0.5) is 18.9 Å². The maximum absolute atomic E-state index is 14.0. The number of pyridine rings is 1. The van der Waals surface area contributed by atoms with Crippen molar-refractivity contribution in [2.24, 2.45) is 5.16 Å². The molecule has 0 aliphatic heterocycles. The van der Waals surface area contributed by atoms with Crippen molar-refractivity contribution < 1.29 is 18.4 Å². The van der Waals surface area contributed by atoms with Gasteiger partial charge in [-0.1, -0.05) is 24.4 Å². The highest BCUT2D eigenvalue weighted by molar-refractivity contribution is 6.00. The van der Waals surface area contributed by atoms with Gasteiger partial charge >= 0.3 is 6.30 Å². The molecule has 1 aliphatic carbocycles. The van der Waals surface area contributed by atoms with Crippen LogP contribution in [0.25, 0.3) is 11.0 Å². The van der Waals surface area contributed by atoms with Crippen LogP contribution in [0, 0.1) is 0 Å². The largest absolute Gasteiger partial charge is 0.485 e. The maximum atomic E-state index is 14.0. The van der Waals surface area contributed by atoms with Gasteiger partial charge in [-0.25, -0.2) is 9.67 Å². The van der Waals surface area contributed by atoms with E-state index in [0.717, 1.165) is 25.5 Å². The molecule has 25 heavy (non-hydrogen) atoms. The Labute approximate surface area is 142 Å². The van der Waals surface area contributed by atoms with Gasteiger partial charge in [-0.2, -0.15) is 18.3 Å². The summed E-state index contributed by atoms with van der Waals surface area (Å²) in [5.74, 6) is 0. The van der Waals surface area contributed by atoms with Gasteiger partial charge in [-0.05, 0) is 19.8 Å². The third kappa shape index (κ3) is 3.27. The summed E-state index contributed by atoms with van der Waals surface area (Å²) in [6, 6.07) is -0.643. The lowest BCUT2D eigenvalue weighted by molar-refractivity contribution is -0.136. The van der Waals surface area contributed by atoms with Crippen molar-refractivity contribution in [2.45, 2.75) is 57.9 Å². The Kier molecular flexibility index (Phi) is 4.82. The number of fused-ring (bicyclic) bond motifs is 1. The first kappa shape index (κ1) is 17.5. The van der Waals surface area contributed by atoms with Crippen LogP contribution in [0.15, 0.2) is 17.5 Å². The van der Waals surface area contributed by atoms with E-state index in [0.29, 0.717) is 35.3 Å². The number of alkyl halides is 3. The minimum absolute atomic E-state index is 0.0399. The van der Waals surface area contributed by atoms with E-state index in [1.165, 1.54) is 12.4 Å². The summed E-state index contributed by atoms with van der Waals surface area (Å²) >= 11 is 0. The third-order valence-corrected chi connectivity index (χ3v) is 4.62. The molecule has 9 heteroatoms. The molecule has 0 amide bonds. The van der Waals surface area contributed by atoms with Crippen molar-refractivity contribution in [1.29, 1.82) is 0 Å². The molecule has 0 saturated heterocycles. The van der Waals surface area contributed by atoms with Crippen molar-refractivity contribution in [3.8, 4) is 0 Å². The van der Waals surface area contributed by atoms with Crippen molar-refractivity contribution in [1.82, 2.24) is 14.8 Å². The molecule has 2 heterocycles. The molecule has 2 aromatic heterocycles. The van der Waals surface area contributed by atoms with Crippen LogP contribution in [0.2, 0.25) is 0 Å². The zero-order valence-electron chi connectivity index (χ0n) is 13.9. The molecule has 0 radical (unpaired) electrons. The van der Waals surface area contributed by atoms with Gasteiger partial charge in [0.1, 0.15) is 0 Å². The summed E-state index contributed by atoms with van der Waals surface area (Å²) in [7, 11) is 0. The van der Waals surface area contributed by atoms with E-state index < -0.39 is 12.3 Å². The van der Waals surface area contributed by atoms with Crippen LogP contribution >= 0.6 is 0 Å². The van der Waals surface area contributed by atoms with Crippen LogP contribution < -0.4 is 4.90 Å². The minimum Gasteiger partial charge on any atom is -0.411 e.